The van der Waals surface area contributed by atoms with Crippen molar-refractivity contribution in [1.29, 1.82) is 0 Å². The highest BCUT2D eigenvalue weighted by atomic mass is 15.0. The van der Waals surface area contributed by atoms with Crippen LogP contribution >= 0.6 is 0 Å². The van der Waals surface area contributed by atoms with Gasteiger partial charge in [0.1, 0.15) is 0 Å². The van der Waals surface area contributed by atoms with E-state index in [1.54, 1.807) is 0 Å². The highest BCUT2D eigenvalue weighted by Gasteiger charge is 1.95. The molecule has 1 heteroatoms. The number of hydrogen-bond donors (Lipinski definition) is 0. The second-order valence-electron chi connectivity index (χ2n) is 4.16. The van der Waals surface area contributed by atoms with Crippen molar-refractivity contribution in [3.05, 3.63) is 35.4 Å². The van der Waals surface area contributed by atoms with Crippen LogP contribution in [0.25, 0.3) is 0 Å². The van der Waals surface area contributed by atoms with Gasteiger partial charge in [0.05, 0.1) is 0 Å². The van der Waals surface area contributed by atoms with E-state index in [9.17, 15) is 0 Å². The third-order valence-electron chi connectivity index (χ3n) is 2.34. The standard InChI is InChI=1S/C13H21N/c1-4-5-6-12-7-9-13(10-8-12)11-14(2)3/h7-10H,4-6,11H2,1-3H3. The van der Waals surface area contributed by atoms with Gasteiger partial charge in [-0.05, 0) is 38.1 Å². The SMILES string of the molecule is CCCCc1ccc(CN(C)C)cc1. The summed E-state index contributed by atoms with van der Waals surface area (Å²) in [5.41, 5.74) is 2.87. The molecule has 0 aliphatic rings. The van der Waals surface area contributed by atoms with Crippen LogP contribution in [0.2, 0.25) is 0 Å². The summed E-state index contributed by atoms with van der Waals surface area (Å²) < 4.78 is 0. The number of hydrogen-bond acceptors (Lipinski definition) is 1. The van der Waals surface area contributed by atoms with Gasteiger partial charge >= 0.3 is 0 Å². The van der Waals surface area contributed by atoms with Gasteiger partial charge in [-0.15, -0.1) is 0 Å². The third kappa shape index (κ3) is 3.93. The maximum atomic E-state index is 2.26. The highest BCUT2D eigenvalue weighted by Crippen LogP contribution is 2.08. The van der Waals surface area contributed by atoms with E-state index in [0.717, 1.165) is 6.54 Å². The van der Waals surface area contributed by atoms with E-state index in [2.05, 4.69) is 50.2 Å². The Labute approximate surface area is 87.7 Å². The fourth-order valence-electron chi connectivity index (χ4n) is 1.56. The number of unbranched alkanes of at least 4 members (excludes halogenated alkanes) is 1. The first-order valence-corrected chi connectivity index (χ1v) is 5.45. The Hall–Kier alpha value is -0.820. The molecule has 0 atom stereocenters. The Morgan fingerprint density at radius 2 is 1.57 bits per heavy atom. The van der Waals surface area contributed by atoms with Gasteiger partial charge in [0.2, 0.25) is 0 Å². The highest BCUT2D eigenvalue weighted by molar-refractivity contribution is 5.22. The quantitative estimate of drug-likeness (QED) is 0.691. The largest absolute Gasteiger partial charge is 0.305 e. The minimum absolute atomic E-state index is 1.04. The number of nitrogens with zero attached hydrogens (tertiary/aromatic N) is 1. The van der Waals surface area contributed by atoms with Crippen molar-refractivity contribution in [3.63, 3.8) is 0 Å². The second kappa shape index (κ2) is 5.82. The number of aryl methyl sites for hydroxylation is 1. The van der Waals surface area contributed by atoms with Crippen LogP contribution in [0.1, 0.15) is 30.9 Å². The van der Waals surface area contributed by atoms with Gasteiger partial charge in [0, 0.05) is 6.54 Å². The summed E-state index contributed by atoms with van der Waals surface area (Å²) in [6.07, 6.45) is 3.80. The van der Waals surface area contributed by atoms with E-state index >= 15 is 0 Å². The van der Waals surface area contributed by atoms with Gasteiger partial charge in [-0.25, -0.2) is 0 Å². The summed E-state index contributed by atoms with van der Waals surface area (Å²) in [5.74, 6) is 0. The van der Waals surface area contributed by atoms with Crippen LogP contribution in [0.15, 0.2) is 24.3 Å². The first kappa shape index (κ1) is 11.3. The van der Waals surface area contributed by atoms with Crippen LogP contribution in [0.5, 0.6) is 0 Å². The molecule has 0 fully saturated rings. The number of rotatable bonds is 5. The Balaban J connectivity index is 2.50. The lowest BCUT2D eigenvalue weighted by Gasteiger charge is -2.09. The Bertz CT molecular complexity index is 248. The van der Waals surface area contributed by atoms with Gasteiger partial charge in [0.15, 0.2) is 0 Å². The van der Waals surface area contributed by atoms with Gasteiger partial charge in [-0.1, -0.05) is 37.6 Å². The number of benzene rings is 1. The summed E-state index contributed by atoms with van der Waals surface area (Å²) in [6, 6.07) is 9.00. The molecule has 1 rings (SSSR count). The van der Waals surface area contributed by atoms with Crippen LogP contribution in [0.3, 0.4) is 0 Å². The van der Waals surface area contributed by atoms with Crippen molar-refractivity contribution >= 4 is 0 Å². The fourth-order valence-corrected chi connectivity index (χ4v) is 1.56. The monoisotopic (exact) mass is 191 g/mol. The van der Waals surface area contributed by atoms with Crippen molar-refractivity contribution in [2.75, 3.05) is 14.1 Å². The molecule has 78 valence electrons. The zero-order chi connectivity index (χ0) is 10.4. The molecule has 0 saturated carbocycles. The molecule has 0 aromatic heterocycles. The first-order chi connectivity index (χ1) is 6.72. The second-order valence-corrected chi connectivity index (χ2v) is 4.16. The molecule has 0 radical (unpaired) electrons. The maximum absolute atomic E-state index is 2.26. The molecule has 0 saturated heterocycles. The topological polar surface area (TPSA) is 3.24 Å². The molecule has 0 unspecified atom stereocenters. The van der Waals surface area contributed by atoms with Crippen LogP contribution in [0.4, 0.5) is 0 Å². The molecule has 14 heavy (non-hydrogen) atoms. The lowest BCUT2D eigenvalue weighted by molar-refractivity contribution is 0.402. The summed E-state index contributed by atoms with van der Waals surface area (Å²) >= 11 is 0. The van der Waals surface area contributed by atoms with E-state index in [4.69, 9.17) is 0 Å². The smallest absolute Gasteiger partial charge is 0.0227 e. The third-order valence-corrected chi connectivity index (χ3v) is 2.34. The van der Waals surface area contributed by atoms with Gasteiger partial charge in [-0.2, -0.15) is 0 Å². The van der Waals surface area contributed by atoms with Crippen molar-refractivity contribution < 1.29 is 0 Å². The molecule has 0 bridgehead atoms. The van der Waals surface area contributed by atoms with Crippen LogP contribution in [0, 0.1) is 0 Å². The zero-order valence-electron chi connectivity index (χ0n) is 9.59. The Kier molecular flexibility index (Phi) is 4.68. The van der Waals surface area contributed by atoms with Crippen LogP contribution in [-0.4, -0.2) is 19.0 Å². The molecular weight excluding hydrogens is 170 g/mol. The predicted molar refractivity (Wildman–Crippen MR) is 62.4 cm³/mol. The molecule has 0 aliphatic heterocycles. The summed E-state index contributed by atoms with van der Waals surface area (Å²) in [7, 11) is 4.20. The molecule has 1 aromatic rings. The first-order valence-electron chi connectivity index (χ1n) is 5.45. The zero-order valence-corrected chi connectivity index (χ0v) is 9.59. The average Bonchev–Trinajstić information content (AvgIpc) is 2.16. The van der Waals surface area contributed by atoms with Crippen molar-refractivity contribution in [3.8, 4) is 0 Å². The molecule has 1 nitrogen and oxygen atoms in total. The van der Waals surface area contributed by atoms with E-state index in [-0.39, 0.29) is 0 Å². The average molecular weight is 191 g/mol. The minimum Gasteiger partial charge on any atom is -0.305 e. The fraction of sp³-hybridized carbons (Fsp3) is 0.538. The van der Waals surface area contributed by atoms with Gasteiger partial charge in [0.25, 0.3) is 0 Å². The molecule has 0 aliphatic carbocycles. The van der Waals surface area contributed by atoms with Crippen LogP contribution in [-0.2, 0) is 13.0 Å². The molecule has 0 N–H and O–H groups in total. The molecule has 1 aromatic carbocycles. The molecular formula is C13H21N. The van der Waals surface area contributed by atoms with E-state index in [1.165, 1.54) is 30.4 Å². The van der Waals surface area contributed by atoms with Gasteiger partial charge < -0.3 is 4.90 Å². The Morgan fingerprint density at radius 1 is 1.00 bits per heavy atom. The van der Waals surface area contributed by atoms with Gasteiger partial charge in [-0.3, -0.25) is 0 Å². The lowest BCUT2D eigenvalue weighted by atomic mass is 10.1. The molecule has 0 heterocycles. The van der Waals surface area contributed by atoms with Crippen molar-refractivity contribution in [1.82, 2.24) is 4.90 Å². The lowest BCUT2D eigenvalue weighted by Crippen LogP contribution is -2.10. The van der Waals surface area contributed by atoms with E-state index in [0.29, 0.717) is 0 Å². The Morgan fingerprint density at radius 3 is 2.07 bits per heavy atom. The van der Waals surface area contributed by atoms with E-state index in [1.807, 2.05) is 0 Å². The summed E-state index contributed by atoms with van der Waals surface area (Å²) in [5, 5.41) is 0. The maximum Gasteiger partial charge on any atom is 0.0227 e. The van der Waals surface area contributed by atoms with Crippen molar-refractivity contribution in [2.45, 2.75) is 32.7 Å². The summed E-state index contributed by atoms with van der Waals surface area (Å²) in [6.45, 7) is 3.27. The predicted octanol–water partition coefficient (Wildman–Crippen LogP) is 3.09. The summed E-state index contributed by atoms with van der Waals surface area (Å²) in [4.78, 5) is 2.20. The molecule has 0 spiro atoms. The van der Waals surface area contributed by atoms with Crippen LogP contribution < -0.4 is 0 Å². The van der Waals surface area contributed by atoms with E-state index < -0.39 is 0 Å². The molecule has 0 amide bonds. The normalized spacial score (nSPS) is 10.9. The van der Waals surface area contributed by atoms with Crippen molar-refractivity contribution in [2.24, 2.45) is 0 Å². The minimum atomic E-state index is 1.04.